The van der Waals surface area contributed by atoms with Gasteiger partial charge in [0.25, 0.3) is 5.91 Å². The minimum atomic E-state index is -0.519. The molecular formula is C21H22N2O4. The van der Waals surface area contributed by atoms with E-state index in [9.17, 15) is 10.1 Å². The molecule has 0 saturated heterocycles. The van der Waals surface area contributed by atoms with Gasteiger partial charge >= 0.3 is 0 Å². The first-order valence-electron chi connectivity index (χ1n) is 8.41. The van der Waals surface area contributed by atoms with E-state index >= 15 is 0 Å². The smallest absolute Gasteiger partial charge is 0.266 e. The molecule has 0 atom stereocenters. The van der Waals surface area contributed by atoms with Crippen molar-refractivity contribution in [1.29, 1.82) is 5.26 Å². The van der Waals surface area contributed by atoms with Crippen molar-refractivity contribution in [3.05, 3.63) is 53.1 Å². The number of carbonyl (C=O) groups excluding carboxylic acids is 1. The van der Waals surface area contributed by atoms with E-state index in [4.69, 9.17) is 14.2 Å². The molecule has 1 amide bonds. The first-order valence-corrected chi connectivity index (χ1v) is 8.41. The van der Waals surface area contributed by atoms with Crippen molar-refractivity contribution in [2.45, 2.75) is 13.8 Å². The van der Waals surface area contributed by atoms with Crippen LogP contribution in [0, 0.1) is 18.3 Å². The summed E-state index contributed by atoms with van der Waals surface area (Å²) in [7, 11) is 3.06. The van der Waals surface area contributed by atoms with Crippen LogP contribution in [-0.4, -0.2) is 26.7 Å². The predicted molar refractivity (Wildman–Crippen MR) is 104 cm³/mol. The molecule has 0 aliphatic heterocycles. The highest BCUT2D eigenvalue weighted by molar-refractivity contribution is 6.10. The number of anilines is 1. The molecule has 0 spiro atoms. The van der Waals surface area contributed by atoms with Crippen molar-refractivity contribution < 1.29 is 19.0 Å². The van der Waals surface area contributed by atoms with Gasteiger partial charge in [0, 0.05) is 0 Å². The number of carbonyl (C=O) groups is 1. The molecule has 2 aromatic rings. The van der Waals surface area contributed by atoms with Crippen LogP contribution in [0.1, 0.15) is 18.1 Å². The fourth-order valence-corrected chi connectivity index (χ4v) is 2.47. The lowest BCUT2D eigenvalue weighted by atomic mass is 10.1. The Morgan fingerprint density at radius 2 is 1.81 bits per heavy atom. The van der Waals surface area contributed by atoms with Crippen LogP contribution < -0.4 is 19.5 Å². The van der Waals surface area contributed by atoms with Gasteiger partial charge in [0.05, 0.1) is 26.5 Å². The lowest BCUT2D eigenvalue weighted by molar-refractivity contribution is -0.112. The number of methoxy groups -OCH3 is 2. The second-order valence-corrected chi connectivity index (χ2v) is 5.67. The highest BCUT2D eigenvalue weighted by Gasteiger charge is 2.13. The number of nitrogens with zero attached hydrogens (tertiary/aromatic N) is 1. The molecule has 0 fully saturated rings. The number of rotatable bonds is 7. The minimum absolute atomic E-state index is 0.0372. The summed E-state index contributed by atoms with van der Waals surface area (Å²) in [5.74, 6) is 1.14. The van der Waals surface area contributed by atoms with Gasteiger partial charge in [-0.25, -0.2) is 0 Å². The Hall–Kier alpha value is -3.46. The van der Waals surface area contributed by atoms with Gasteiger partial charge in [-0.15, -0.1) is 0 Å². The molecule has 6 nitrogen and oxygen atoms in total. The van der Waals surface area contributed by atoms with E-state index in [1.54, 1.807) is 30.3 Å². The Morgan fingerprint density at radius 3 is 2.44 bits per heavy atom. The Bertz CT molecular complexity index is 898. The highest BCUT2D eigenvalue weighted by Crippen LogP contribution is 2.29. The number of ether oxygens (including phenoxy) is 3. The van der Waals surface area contributed by atoms with E-state index in [1.807, 2.05) is 26.0 Å². The molecule has 0 aromatic heterocycles. The number of nitriles is 1. The Morgan fingerprint density at radius 1 is 1.11 bits per heavy atom. The van der Waals surface area contributed by atoms with Crippen LogP contribution in [0.4, 0.5) is 5.69 Å². The van der Waals surface area contributed by atoms with E-state index in [-0.39, 0.29) is 5.57 Å². The second kappa shape index (κ2) is 9.30. The number of hydrogen-bond donors (Lipinski definition) is 1. The monoisotopic (exact) mass is 366 g/mol. The van der Waals surface area contributed by atoms with E-state index in [1.165, 1.54) is 20.3 Å². The first kappa shape index (κ1) is 19.9. The maximum Gasteiger partial charge on any atom is 0.266 e. The van der Waals surface area contributed by atoms with Crippen molar-refractivity contribution in [3.63, 3.8) is 0 Å². The van der Waals surface area contributed by atoms with Gasteiger partial charge in [0.1, 0.15) is 17.4 Å². The van der Waals surface area contributed by atoms with Crippen molar-refractivity contribution in [3.8, 4) is 23.3 Å². The molecular weight excluding hydrogens is 344 g/mol. The third kappa shape index (κ3) is 5.02. The van der Waals surface area contributed by atoms with Crippen molar-refractivity contribution in [2.24, 2.45) is 0 Å². The SMILES string of the molecule is CCOc1ccc(/C=C(\C#N)C(=O)Nc2cc(C)ccc2OC)cc1OC. The molecule has 2 aromatic carbocycles. The molecule has 27 heavy (non-hydrogen) atoms. The summed E-state index contributed by atoms with van der Waals surface area (Å²) in [6, 6.07) is 12.6. The Labute approximate surface area is 159 Å². The van der Waals surface area contributed by atoms with Gasteiger partial charge in [-0.2, -0.15) is 5.26 Å². The quantitative estimate of drug-likeness (QED) is 0.593. The number of nitrogens with one attached hydrogen (secondary N) is 1. The fourth-order valence-electron chi connectivity index (χ4n) is 2.47. The zero-order chi connectivity index (χ0) is 19.8. The first-order chi connectivity index (χ1) is 13.0. The maximum absolute atomic E-state index is 12.5. The Balaban J connectivity index is 2.29. The predicted octanol–water partition coefficient (Wildman–Crippen LogP) is 3.96. The number of amides is 1. The number of aryl methyl sites for hydroxylation is 1. The summed E-state index contributed by atoms with van der Waals surface area (Å²) < 4.78 is 16.0. The highest BCUT2D eigenvalue weighted by atomic mass is 16.5. The van der Waals surface area contributed by atoms with Gasteiger partial charge in [0.15, 0.2) is 11.5 Å². The van der Waals surface area contributed by atoms with E-state index in [0.717, 1.165) is 5.56 Å². The molecule has 0 heterocycles. The standard InChI is InChI=1S/C21H22N2O4/c1-5-27-19-9-7-15(12-20(19)26-4)11-16(13-22)21(24)23-17-10-14(2)6-8-18(17)25-3/h6-12H,5H2,1-4H3,(H,23,24)/b16-11+. The lowest BCUT2D eigenvalue weighted by Crippen LogP contribution is -2.14. The van der Waals surface area contributed by atoms with E-state index < -0.39 is 5.91 Å². The zero-order valence-electron chi connectivity index (χ0n) is 15.8. The average molecular weight is 366 g/mol. The van der Waals surface area contributed by atoms with Crippen LogP contribution in [-0.2, 0) is 4.79 Å². The molecule has 0 aliphatic carbocycles. The fraction of sp³-hybridized carbons (Fsp3) is 0.238. The summed E-state index contributed by atoms with van der Waals surface area (Å²) in [6.45, 7) is 4.29. The topological polar surface area (TPSA) is 80.6 Å². The normalized spacial score (nSPS) is 10.7. The van der Waals surface area contributed by atoms with Crippen LogP contribution in [0.3, 0.4) is 0 Å². The van der Waals surface area contributed by atoms with Gasteiger partial charge in [0.2, 0.25) is 0 Å². The summed E-state index contributed by atoms with van der Waals surface area (Å²) in [5, 5.41) is 12.1. The number of hydrogen-bond acceptors (Lipinski definition) is 5. The average Bonchev–Trinajstić information content (AvgIpc) is 2.67. The molecule has 1 N–H and O–H groups in total. The summed E-state index contributed by atoms with van der Waals surface area (Å²) in [5.41, 5.74) is 2.08. The van der Waals surface area contributed by atoms with Crippen LogP contribution in [0.2, 0.25) is 0 Å². The van der Waals surface area contributed by atoms with Gasteiger partial charge < -0.3 is 19.5 Å². The molecule has 0 aliphatic rings. The minimum Gasteiger partial charge on any atom is -0.495 e. The van der Waals surface area contributed by atoms with Gasteiger partial charge in [-0.05, 0) is 55.3 Å². The molecule has 6 heteroatoms. The zero-order valence-corrected chi connectivity index (χ0v) is 15.8. The summed E-state index contributed by atoms with van der Waals surface area (Å²) >= 11 is 0. The summed E-state index contributed by atoms with van der Waals surface area (Å²) in [6.07, 6.45) is 1.50. The molecule has 2 rings (SSSR count). The van der Waals surface area contributed by atoms with Crippen LogP contribution >= 0.6 is 0 Å². The van der Waals surface area contributed by atoms with E-state index in [0.29, 0.717) is 35.1 Å². The Kier molecular flexibility index (Phi) is 6.84. The lowest BCUT2D eigenvalue weighted by Gasteiger charge is -2.11. The van der Waals surface area contributed by atoms with E-state index in [2.05, 4.69) is 5.32 Å². The van der Waals surface area contributed by atoms with Gasteiger partial charge in [-0.3, -0.25) is 4.79 Å². The molecule has 0 bridgehead atoms. The van der Waals surface area contributed by atoms with Crippen molar-refractivity contribution in [2.75, 3.05) is 26.1 Å². The third-order valence-electron chi connectivity index (χ3n) is 3.77. The molecule has 140 valence electrons. The van der Waals surface area contributed by atoms with Crippen molar-refractivity contribution in [1.82, 2.24) is 0 Å². The van der Waals surface area contributed by atoms with Crippen LogP contribution in [0.5, 0.6) is 17.2 Å². The maximum atomic E-state index is 12.5. The molecule has 0 radical (unpaired) electrons. The van der Waals surface area contributed by atoms with Crippen LogP contribution in [0.25, 0.3) is 6.08 Å². The summed E-state index contributed by atoms with van der Waals surface area (Å²) in [4.78, 5) is 12.5. The second-order valence-electron chi connectivity index (χ2n) is 5.67. The number of benzene rings is 2. The largest absolute Gasteiger partial charge is 0.495 e. The third-order valence-corrected chi connectivity index (χ3v) is 3.77. The van der Waals surface area contributed by atoms with Crippen molar-refractivity contribution >= 4 is 17.7 Å². The van der Waals surface area contributed by atoms with Crippen LogP contribution in [0.15, 0.2) is 42.0 Å². The van der Waals surface area contributed by atoms with Gasteiger partial charge in [-0.1, -0.05) is 12.1 Å². The molecule has 0 saturated carbocycles. The molecule has 0 unspecified atom stereocenters.